The van der Waals surface area contributed by atoms with Crippen LogP contribution < -0.4 is 0 Å². The van der Waals surface area contributed by atoms with Crippen LogP contribution in [0.2, 0.25) is 0 Å². The standard InChI is InChI=1S/C49H94O6/c1-5-7-9-11-12-13-22-26-29-33-37-41-48(51)54-44-46(43-53-47(50)40-36-31-10-8-6-2)55-49(52)42-38-34-30-27-24-21-19-17-15-14-16-18-20-23-25-28-32-35-39-45(3)4/h45-46H,5-44H2,1-4H3/t46-/m0/s1. The summed E-state index contributed by atoms with van der Waals surface area (Å²) in [6, 6.07) is 0. The van der Waals surface area contributed by atoms with Crippen LogP contribution in [0.25, 0.3) is 0 Å². The van der Waals surface area contributed by atoms with E-state index in [9.17, 15) is 14.4 Å². The van der Waals surface area contributed by atoms with Gasteiger partial charge in [0.2, 0.25) is 0 Å². The van der Waals surface area contributed by atoms with Gasteiger partial charge < -0.3 is 14.2 Å². The van der Waals surface area contributed by atoms with Gasteiger partial charge in [-0.3, -0.25) is 14.4 Å². The van der Waals surface area contributed by atoms with Crippen LogP contribution in [0, 0.1) is 5.92 Å². The molecule has 0 aromatic rings. The summed E-state index contributed by atoms with van der Waals surface area (Å²) in [6.45, 7) is 8.95. The molecule has 0 amide bonds. The first kappa shape index (κ1) is 53.4. The van der Waals surface area contributed by atoms with Crippen molar-refractivity contribution >= 4 is 17.9 Å². The molecule has 0 heterocycles. The molecule has 55 heavy (non-hydrogen) atoms. The second-order valence-corrected chi connectivity index (χ2v) is 17.2. The molecule has 6 nitrogen and oxygen atoms in total. The molecule has 0 bridgehead atoms. The highest BCUT2D eigenvalue weighted by molar-refractivity contribution is 5.71. The summed E-state index contributed by atoms with van der Waals surface area (Å²) < 4.78 is 16.6. The number of carbonyl (C=O) groups excluding carboxylic acids is 3. The monoisotopic (exact) mass is 779 g/mol. The first-order valence-electron chi connectivity index (χ1n) is 24.4. The van der Waals surface area contributed by atoms with Crippen molar-refractivity contribution in [3.05, 3.63) is 0 Å². The lowest BCUT2D eigenvalue weighted by atomic mass is 10.0. The molecule has 0 aromatic carbocycles. The fraction of sp³-hybridized carbons (Fsp3) is 0.939. The van der Waals surface area contributed by atoms with E-state index in [-0.39, 0.29) is 31.1 Å². The first-order valence-corrected chi connectivity index (χ1v) is 24.4. The normalized spacial score (nSPS) is 11.9. The number of rotatable bonds is 44. The lowest BCUT2D eigenvalue weighted by Crippen LogP contribution is -2.30. The maximum Gasteiger partial charge on any atom is 0.306 e. The van der Waals surface area contributed by atoms with E-state index >= 15 is 0 Å². The maximum atomic E-state index is 12.7. The van der Waals surface area contributed by atoms with E-state index in [1.54, 1.807) is 0 Å². The average Bonchev–Trinajstić information content (AvgIpc) is 3.17. The minimum absolute atomic E-state index is 0.0643. The first-order chi connectivity index (χ1) is 26.9. The highest BCUT2D eigenvalue weighted by atomic mass is 16.6. The van der Waals surface area contributed by atoms with Crippen molar-refractivity contribution in [3.8, 4) is 0 Å². The molecule has 0 aliphatic heterocycles. The zero-order chi connectivity index (χ0) is 40.3. The number of unbranched alkanes of at least 4 members (excludes halogenated alkanes) is 31. The number of ether oxygens (including phenoxy) is 3. The van der Waals surface area contributed by atoms with Crippen LogP contribution in [-0.2, 0) is 28.6 Å². The summed E-state index contributed by atoms with van der Waals surface area (Å²) in [7, 11) is 0. The van der Waals surface area contributed by atoms with Gasteiger partial charge in [-0.2, -0.15) is 0 Å². The molecule has 0 radical (unpaired) electrons. The van der Waals surface area contributed by atoms with E-state index in [0.717, 1.165) is 70.1 Å². The Labute approximate surface area is 342 Å². The molecule has 6 heteroatoms. The maximum absolute atomic E-state index is 12.7. The molecule has 1 atom stereocenters. The largest absolute Gasteiger partial charge is 0.462 e. The molecule has 0 N–H and O–H groups in total. The van der Waals surface area contributed by atoms with Crippen molar-refractivity contribution in [2.75, 3.05) is 13.2 Å². The molecule has 0 saturated carbocycles. The lowest BCUT2D eigenvalue weighted by molar-refractivity contribution is -0.167. The Morgan fingerprint density at radius 3 is 0.891 bits per heavy atom. The second kappa shape index (κ2) is 43.5. The van der Waals surface area contributed by atoms with E-state index in [1.165, 1.54) is 161 Å². The molecular formula is C49H94O6. The third kappa shape index (κ3) is 43.4. The second-order valence-electron chi connectivity index (χ2n) is 17.2. The summed E-state index contributed by atoms with van der Waals surface area (Å²) in [5, 5.41) is 0. The average molecular weight is 779 g/mol. The van der Waals surface area contributed by atoms with Crippen LogP contribution in [0.5, 0.6) is 0 Å². The summed E-state index contributed by atoms with van der Waals surface area (Å²) in [6.07, 6.45) is 44.1. The minimum atomic E-state index is -0.757. The van der Waals surface area contributed by atoms with Crippen LogP contribution in [0.1, 0.15) is 272 Å². The highest BCUT2D eigenvalue weighted by Gasteiger charge is 2.19. The Morgan fingerprint density at radius 2 is 0.600 bits per heavy atom. The number of esters is 3. The van der Waals surface area contributed by atoms with Crippen molar-refractivity contribution in [2.24, 2.45) is 5.92 Å². The Kier molecular flexibility index (Phi) is 42.3. The van der Waals surface area contributed by atoms with Gasteiger partial charge in [0, 0.05) is 19.3 Å². The van der Waals surface area contributed by atoms with Crippen LogP contribution in [0.4, 0.5) is 0 Å². The molecule has 0 aromatic heterocycles. The number of carbonyl (C=O) groups is 3. The zero-order valence-corrected chi connectivity index (χ0v) is 37.4. The van der Waals surface area contributed by atoms with Crippen LogP contribution in [-0.4, -0.2) is 37.2 Å². The van der Waals surface area contributed by atoms with Crippen molar-refractivity contribution < 1.29 is 28.6 Å². The highest BCUT2D eigenvalue weighted by Crippen LogP contribution is 2.17. The van der Waals surface area contributed by atoms with Gasteiger partial charge in [-0.05, 0) is 25.2 Å². The van der Waals surface area contributed by atoms with Crippen molar-refractivity contribution in [1.29, 1.82) is 0 Å². The van der Waals surface area contributed by atoms with Gasteiger partial charge in [-0.15, -0.1) is 0 Å². The van der Waals surface area contributed by atoms with Gasteiger partial charge in [-0.25, -0.2) is 0 Å². The summed E-state index contributed by atoms with van der Waals surface area (Å²) >= 11 is 0. The van der Waals surface area contributed by atoms with E-state index in [0.29, 0.717) is 19.3 Å². The molecule has 326 valence electrons. The van der Waals surface area contributed by atoms with Gasteiger partial charge in [0.15, 0.2) is 6.10 Å². The van der Waals surface area contributed by atoms with Crippen LogP contribution >= 0.6 is 0 Å². The summed E-state index contributed by atoms with van der Waals surface area (Å²) in [5.74, 6) is -0.00635. The van der Waals surface area contributed by atoms with Gasteiger partial charge >= 0.3 is 17.9 Å². The van der Waals surface area contributed by atoms with Crippen molar-refractivity contribution in [3.63, 3.8) is 0 Å². The van der Waals surface area contributed by atoms with Gasteiger partial charge in [0.05, 0.1) is 0 Å². The number of hydrogen-bond acceptors (Lipinski definition) is 6. The van der Waals surface area contributed by atoms with Gasteiger partial charge in [0.25, 0.3) is 0 Å². The molecule has 0 aliphatic carbocycles. The Bertz CT molecular complexity index is 826. The van der Waals surface area contributed by atoms with E-state index in [1.807, 2.05) is 0 Å². The van der Waals surface area contributed by atoms with Crippen LogP contribution in [0.3, 0.4) is 0 Å². The van der Waals surface area contributed by atoms with E-state index in [2.05, 4.69) is 27.7 Å². The predicted octanol–water partition coefficient (Wildman–Crippen LogP) is 15.5. The molecule has 0 unspecified atom stereocenters. The number of hydrogen-bond donors (Lipinski definition) is 0. The summed E-state index contributed by atoms with van der Waals surface area (Å²) in [4.78, 5) is 37.5. The Balaban J connectivity index is 4.07. The third-order valence-corrected chi connectivity index (χ3v) is 11.0. The molecule has 0 saturated heterocycles. The smallest absolute Gasteiger partial charge is 0.306 e. The molecule has 0 spiro atoms. The molecule has 0 aliphatic rings. The SMILES string of the molecule is CCCCCCCCCCCCCC(=O)OC[C@H](COC(=O)CCCCCCC)OC(=O)CCCCCCCCCCCCCCCCCCCCC(C)C. The predicted molar refractivity (Wildman–Crippen MR) is 233 cm³/mol. The fourth-order valence-corrected chi connectivity index (χ4v) is 7.33. The Hall–Kier alpha value is -1.59. The minimum Gasteiger partial charge on any atom is -0.462 e. The third-order valence-electron chi connectivity index (χ3n) is 11.0. The quantitative estimate of drug-likeness (QED) is 0.0348. The van der Waals surface area contributed by atoms with Gasteiger partial charge in [-0.1, -0.05) is 233 Å². The topological polar surface area (TPSA) is 78.9 Å². The van der Waals surface area contributed by atoms with E-state index < -0.39 is 6.10 Å². The zero-order valence-electron chi connectivity index (χ0n) is 37.4. The molecular weight excluding hydrogens is 685 g/mol. The summed E-state index contributed by atoms with van der Waals surface area (Å²) in [5.41, 5.74) is 0. The van der Waals surface area contributed by atoms with E-state index in [4.69, 9.17) is 14.2 Å². The lowest BCUT2D eigenvalue weighted by Gasteiger charge is -2.18. The van der Waals surface area contributed by atoms with Crippen molar-refractivity contribution in [1.82, 2.24) is 0 Å². The molecule has 0 fully saturated rings. The fourth-order valence-electron chi connectivity index (χ4n) is 7.33. The van der Waals surface area contributed by atoms with Crippen LogP contribution in [0.15, 0.2) is 0 Å². The van der Waals surface area contributed by atoms with Gasteiger partial charge in [0.1, 0.15) is 13.2 Å². The Morgan fingerprint density at radius 1 is 0.345 bits per heavy atom. The molecule has 0 rings (SSSR count). The van der Waals surface area contributed by atoms with Crippen molar-refractivity contribution in [2.45, 2.75) is 278 Å².